The van der Waals surface area contributed by atoms with E-state index in [9.17, 15) is 65.9 Å². The van der Waals surface area contributed by atoms with Gasteiger partial charge in [-0.15, -0.1) is 0 Å². The van der Waals surface area contributed by atoms with Gasteiger partial charge in [0.15, 0.2) is 69.8 Å². The van der Waals surface area contributed by atoms with Crippen LogP contribution in [0.2, 0.25) is 0 Å². The molecule has 3 rings (SSSR count). The molecule has 0 fully saturated rings. The molecule has 1 nitrogen and oxygen atoms in total. The Bertz CT molecular complexity index is 1300. The Morgan fingerprint density at radius 2 is 0.595 bits per heavy atom. The third kappa shape index (κ3) is 3.94. The van der Waals surface area contributed by atoms with Crippen LogP contribution in [0.5, 0.6) is 0 Å². The predicted molar refractivity (Wildman–Crippen MR) is 94.2 cm³/mol. The van der Waals surface area contributed by atoms with Crippen molar-refractivity contribution in [1.29, 1.82) is 0 Å². The maximum absolute atomic E-state index is 14.8. The minimum Gasteiger partial charge on any atom is -0.414 e. The number of benzene rings is 3. The summed E-state index contributed by atoms with van der Waals surface area (Å²) in [5.74, 6) is -43.4. The minimum absolute atomic E-state index is 1.20. The maximum atomic E-state index is 14.8. The fraction of sp³-hybridized carbons (Fsp3) is 0.100. The second-order valence-electron chi connectivity index (χ2n) is 7.15. The van der Waals surface area contributed by atoms with Gasteiger partial charge < -0.3 is 4.43 Å². The van der Waals surface area contributed by atoms with Gasteiger partial charge in [0.05, 0.1) is 11.1 Å². The van der Waals surface area contributed by atoms with Crippen LogP contribution in [-0.4, -0.2) is 10.5 Å². The van der Waals surface area contributed by atoms with Crippen LogP contribution in [0, 0.1) is 87.3 Å². The summed E-state index contributed by atoms with van der Waals surface area (Å²) in [6, 6.07) is 0. The molecule has 0 heterocycles. The van der Waals surface area contributed by atoms with Crippen molar-refractivity contribution in [1.82, 2.24) is 0 Å². The zero-order valence-corrected chi connectivity index (χ0v) is 19.3. The van der Waals surface area contributed by atoms with Crippen LogP contribution in [0.4, 0.5) is 65.9 Å². The monoisotopic (exact) mass is 574 g/mol. The Hall–Kier alpha value is -3.21. The molecule has 0 amide bonds. The summed E-state index contributed by atoms with van der Waals surface area (Å²) in [6.45, 7) is 0. The largest absolute Gasteiger partial charge is 0.414 e. The predicted octanol–water partition coefficient (Wildman–Crippen LogP) is 5.56. The van der Waals surface area contributed by atoms with Gasteiger partial charge in [0, 0.05) is 12.0 Å². The Kier molecular flexibility index (Phi) is 7.35. The summed E-state index contributed by atoms with van der Waals surface area (Å²) < 4.78 is 216. The molecule has 0 N–H and O–H groups in total. The highest BCUT2D eigenvalue weighted by Crippen LogP contribution is 2.45. The molecule has 37 heavy (non-hydrogen) atoms. The molecular formula is C20H5F15OSi. The molecule has 0 saturated carbocycles. The highest BCUT2D eigenvalue weighted by atomic mass is 28.2. The normalized spacial score (nSPS) is 12.1. The van der Waals surface area contributed by atoms with E-state index in [1.165, 1.54) is 0 Å². The first-order valence-electron chi connectivity index (χ1n) is 9.15. The second-order valence-corrected chi connectivity index (χ2v) is 7.55. The molecule has 17 heteroatoms. The van der Waals surface area contributed by atoms with Gasteiger partial charge in [-0.3, -0.25) is 0 Å². The molecule has 3 aromatic rings. The van der Waals surface area contributed by atoms with Crippen molar-refractivity contribution in [2.75, 3.05) is 0 Å². The minimum atomic E-state index is -4.27. The lowest BCUT2D eigenvalue weighted by atomic mass is 9.79. The molecule has 0 unspecified atom stereocenters. The molecule has 200 valence electrons. The summed E-state index contributed by atoms with van der Waals surface area (Å²) in [5.41, 5.74) is -11.6. The molecule has 0 aromatic heterocycles. The molecule has 0 atom stereocenters. The third-order valence-corrected chi connectivity index (χ3v) is 6.00. The molecule has 3 aromatic carbocycles. The maximum Gasteiger partial charge on any atom is 0.200 e. The number of halogens is 15. The summed E-state index contributed by atoms with van der Waals surface area (Å²) in [5, 5.41) is 0. The third-order valence-electron chi connectivity index (χ3n) is 5.30. The Balaban J connectivity index is 2.64. The topological polar surface area (TPSA) is 9.23 Å². The van der Waals surface area contributed by atoms with Gasteiger partial charge in [-0.25, -0.2) is 65.9 Å². The summed E-state index contributed by atoms with van der Waals surface area (Å²) in [6.07, 6.45) is -2.42. The number of rotatable bonds is 5. The van der Waals surface area contributed by atoms with E-state index in [0.29, 0.717) is 0 Å². The molecule has 0 aliphatic heterocycles. The van der Waals surface area contributed by atoms with E-state index >= 15 is 0 Å². The van der Waals surface area contributed by atoms with Gasteiger partial charge in [0.1, 0.15) is 16.1 Å². The van der Waals surface area contributed by atoms with Crippen LogP contribution in [0.3, 0.4) is 0 Å². The van der Waals surface area contributed by atoms with Gasteiger partial charge in [-0.1, -0.05) is 0 Å². The zero-order chi connectivity index (χ0) is 28.3. The first-order chi connectivity index (χ1) is 17.1. The summed E-state index contributed by atoms with van der Waals surface area (Å²) >= 11 is 0. The van der Waals surface area contributed by atoms with Gasteiger partial charge in [-0.05, 0) is 0 Å². The van der Waals surface area contributed by atoms with Crippen molar-refractivity contribution in [3.8, 4) is 0 Å². The first kappa shape index (κ1) is 28.4. The van der Waals surface area contributed by atoms with Crippen molar-refractivity contribution < 1.29 is 70.3 Å². The fourth-order valence-corrected chi connectivity index (χ4v) is 4.10. The Morgan fingerprint density at radius 1 is 0.378 bits per heavy atom. The molecule has 0 saturated heterocycles. The van der Waals surface area contributed by atoms with Crippen LogP contribution in [0.1, 0.15) is 16.7 Å². The van der Waals surface area contributed by atoms with Crippen molar-refractivity contribution in [2.45, 2.75) is 12.0 Å². The average Bonchev–Trinajstić information content (AvgIpc) is 2.88. The van der Waals surface area contributed by atoms with Crippen LogP contribution < -0.4 is 0 Å². The molecular weight excluding hydrogens is 569 g/mol. The van der Waals surface area contributed by atoms with Crippen LogP contribution in [-0.2, 0) is 16.4 Å². The zero-order valence-electron chi connectivity index (χ0n) is 17.3. The molecule has 0 aliphatic rings. The standard InChI is InChI=1S/C20H5F15OSi/c21-5-2(6(22)12(28)17(33)11(5)27)1-20(36-37,3-7(23)13(29)18(34)14(30)8(3)24)4-9(25)15(31)19(35)16(32)10(4)26/h1H2,37H3. The fourth-order valence-electron chi connectivity index (χ4n) is 3.55. The molecule has 0 aliphatic carbocycles. The summed E-state index contributed by atoms with van der Waals surface area (Å²) in [7, 11) is -1.20. The van der Waals surface area contributed by atoms with Crippen molar-refractivity contribution in [2.24, 2.45) is 0 Å². The second kappa shape index (κ2) is 9.59. The first-order valence-corrected chi connectivity index (χ1v) is 9.97. The molecule has 0 radical (unpaired) electrons. The van der Waals surface area contributed by atoms with E-state index < -0.39 is 126 Å². The average molecular weight is 574 g/mol. The lowest BCUT2D eigenvalue weighted by Gasteiger charge is -2.36. The van der Waals surface area contributed by atoms with Gasteiger partial charge in [0.25, 0.3) is 0 Å². The lowest BCUT2D eigenvalue weighted by Crippen LogP contribution is -2.40. The van der Waals surface area contributed by atoms with E-state index in [1.54, 1.807) is 0 Å². The van der Waals surface area contributed by atoms with Crippen molar-refractivity contribution >= 4 is 10.5 Å². The highest BCUT2D eigenvalue weighted by Gasteiger charge is 2.50. The van der Waals surface area contributed by atoms with Gasteiger partial charge in [-0.2, -0.15) is 0 Å². The smallest absolute Gasteiger partial charge is 0.200 e. The van der Waals surface area contributed by atoms with Crippen LogP contribution in [0.15, 0.2) is 0 Å². The molecule has 0 spiro atoms. The van der Waals surface area contributed by atoms with Crippen molar-refractivity contribution in [3.05, 3.63) is 104 Å². The summed E-state index contributed by atoms with van der Waals surface area (Å²) in [4.78, 5) is 0. The van der Waals surface area contributed by atoms with Gasteiger partial charge >= 0.3 is 0 Å². The number of hydrogen-bond acceptors (Lipinski definition) is 1. The highest BCUT2D eigenvalue weighted by molar-refractivity contribution is 5.98. The van der Waals surface area contributed by atoms with Crippen LogP contribution in [0.25, 0.3) is 0 Å². The van der Waals surface area contributed by atoms with Crippen molar-refractivity contribution in [3.63, 3.8) is 0 Å². The van der Waals surface area contributed by atoms with E-state index in [0.717, 1.165) is 0 Å². The number of hydrogen-bond donors (Lipinski definition) is 0. The Labute approximate surface area is 197 Å². The lowest BCUT2D eigenvalue weighted by molar-refractivity contribution is 0.0966. The van der Waals surface area contributed by atoms with E-state index in [4.69, 9.17) is 0 Å². The van der Waals surface area contributed by atoms with E-state index in [1.807, 2.05) is 0 Å². The Morgan fingerprint density at radius 3 is 0.838 bits per heavy atom. The SMILES string of the molecule is Fc1c(F)c(F)c(CC(O[SiH3])(c2c(F)c(F)c(F)c(F)c2F)c2c(F)c(F)c(F)c(F)c2F)c(F)c1F. The molecule has 0 bridgehead atoms. The van der Waals surface area contributed by atoms with Crippen LogP contribution >= 0.6 is 0 Å². The van der Waals surface area contributed by atoms with E-state index in [-0.39, 0.29) is 0 Å². The van der Waals surface area contributed by atoms with E-state index in [2.05, 4.69) is 4.43 Å². The van der Waals surface area contributed by atoms with Gasteiger partial charge in [0.2, 0.25) is 17.5 Å². The quantitative estimate of drug-likeness (QED) is 0.168.